The van der Waals surface area contributed by atoms with Crippen molar-refractivity contribution in [3.8, 4) is 0 Å². The number of nitrogen functional groups attached to an aromatic ring is 1. The van der Waals surface area contributed by atoms with Gasteiger partial charge in [0.05, 0.1) is 17.4 Å². The standard InChI is InChI=1S/C16H20ClN5S/c1-16(2)4-7-22(8-5-16)12-9-21-13(10-20-12)23-11-3-6-19-15(18)14(11)17/h3,6,9-10H,4-5,7-8H2,1-2H3,(H2,18,19). The van der Waals surface area contributed by atoms with Crippen LogP contribution in [0.2, 0.25) is 5.02 Å². The van der Waals surface area contributed by atoms with Crippen LogP contribution in [-0.4, -0.2) is 28.0 Å². The summed E-state index contributed by atoms with van der Waals surface area (Å²) in [5, 5.41) is 1.25. The van der Waals surface area contributed by atoms with Crippen molar-refractivity contribution in [3.05, 3.63) is 29.7 Å². The maximum atomic E-state index is 6.16. The third-order valence-corrected chi connectivity index (χ3v) is 5.64. The molecule has 122 valence electrons. The van der Waals surface area contributed by atoms with Crippen LogP contribution in [0.25, 0.3) is 0 Å². The van der Waals surface area contributed by atoms with Gasteiger partial charge >= 0.3 is 0 Å². The highest BCUT2D eigenvalue weighted by Gasteiger charge is 2.26. The number of halogens is 1. The molecule has 2 aromatic rings. The van der Waals surface area contributed by atoms with Crippen LogP contribution in [0.15, 0.2) is 34.6 Å². The van der Waals surface area contributed by atoms with Crippen LogP contribution in [0.3, 0.4) is 0 Å². The fraction of sp³-hybridized carbons (Fsp3) is 0.438. The average Bonchev–Trinajstić information content (AvgIpc) is 2.53. The van der Waals surface area contributed by atoms with E-state index < -0.39 is 0 Å². The molecule has 1 fully saturated rings. The molecule has 7 heteroatoms. The lowest BCUT2D eigenvalue weighted by Crippen LogP contribution is -2.37. The molecule has 0 spiro atoms. The highest BCUT2D eigenvalue weighted by molar-refractivity contribution is 7.99. The molecule has 0 saturated carbocycles. The molecule has 0 unspecified atom stereocenters. The highest BCUT2D eigenvalue weighted by atomic mass is 35.5. The van der Waals surface area contributed by atoms with Crippen LogP contribution < -0.4 is 10.6 Å². The Hall–Kier alpha value is -1.53. The molecule has 1 saturated heterocycles. The largest absolute Gasteiger partial charge is 0.382 e. The normalized spacial score (nSPS) is 17.3. The second-order valence-corrected chi connectivity index (χ2v) is 7.91. The Labute approximate surface area is 145 Å². The molecule has 0 bridgehead atoms. The first-order valence-corrected chi connectivity index (χ1v) is 8.79. The van der Waals surface area contributed by atoms with Crippen LogP contribution in [0, 0.1) is 5.41 Å². The summed E-state index contributed by atoms with van der Waals surface area (Å²) in [6, 6.07) is 1.83. The summed E-state index contributed by atoms with van der Waals surface area (Å²) in [4.78, 5) is 16.1. The van der Waals surface area contributed by atoms with Crippen LogP contribution in [0.4, 0.5) is 11.6 Å². The van der Waals surface area contributed by atoms with Crippen LogP contribution in [0.5, 0.6) is 0 Å². The predicted molar refractivity (Wildman–Crippen MR) is 95.0 cm³/mol. The van der Waals surface area contributed by atoms with Gasteiger partial charge in [0.15, 0.2) is 0 Å². The van der Waals surface area contributed by atoms with Crippen molar-refractivity contribution in [2.75, 3.05) is 23.7 Å². The van der Waals surface area contributed by atoms with Crippen molar-refractivity contribution in [3.63, 3.8) is 0 Å². The van der Waals surface area contributed by atoms with Gasteiger partial charge in [-0.05, 0) is 24.3 Å². The van der Waals surface area contributed by atoms with Crippen LogP contribution >= 0.6 is 23.4 Å². The first-order chi connectivity index (χ1) is 10.9. The Kier molecular flexibility index (Phi) is 4.64. The summed E-state index contributed by atoms with van der Waals surface area (Å²) in [6.45, 7) is 6.70. The number of aromatic nitrogens is 3. The van der Waals surface area contributed by atoms with Gasteiger partial charge in [-0.3, -0.25) is 0 Å². The van der Waals surface area contributed by atoms with E-state index in [1.165, 1.54) is 24.6 Å². The maximum absolute atomic E-state index is 6.16. The molecule has 0 aromatic carbocycles. The molecule has 1 aliphatic heterocycles. The summed E-state index contributed by atoms with van der Waals surface area (Å²) >= 11 is 7.60. The minimum absolute atomic E-state index is 0.331. The van der Waals surface area contributed by atoms with E-state index in [0.717, 1.165) is 28.8 Å². The molecule has 0 amide bonds. The number of nitrogens with zero attached hydrogens (tertiary/aromatic N) is 4. The SMILES string of the molecule is CC1(C)CCN(c2cnc(Sc3ccnc(N)c3Cl)cn2)CC1. The molecule has 1 aliphatic rings. The number of nitrogens with two attached hydrogens (primary N) is 1. The molecule has 0 atom stereocenters. The number of rotatable bonds is 3. The minimum Gasteiger partial charge on any atom is -0.382 e. The zero-order valence-electron chi connectivity index (χ0n) is 13.3. The molecule has 0 aliphatic carbocycles. The van der Waals surface area contributed by atoms with E-state index in [0.29, 0.717) is 16.3 Å². The van der Waals surface area contributed by atoms with Gasteiger partial charge in [0, 0.05) is 24.2 Å². The smallest absolute Gasteiger partial charge is 0.147 e. The van der Waals surface area contributed by atoms with Gasteiger partial charge in [0.1, 0.15) is 16.7 Å². The summed E-state index contributed by atoms with van der Waals surface area (Å²) in [6.07, 6.45) is 7.61. The van der Waals surface area contributed by atoms with Crippen molar-refractivity contribution < 1.29 is 0 Å². The Morgan fingerprint density at radius 2 is 1.91 bits per heavy atom. The summed E-state index contributed by atoms with van der Waals surface area (Å²) in [5.41, 5.74) is 6.15. The van der Waals surface area contributed by atoms with Crippen molar-refractivity contribution in [2.24, 2.45) is 5.41 Å². The predicted octanol–water partition coefficient (Wildman–Crippen LogP) is 3.88. The van der Waals surface area contributed by atoms with E-state index >= 15 is 0 Å². The molecule has 2 N–H and O–H groups in total. The number of hydrogen-bond donors (Lipinski definition) is 1. The quantitative estimate of drug-likeness (QED) is 0.906. The number of piperidine rings is 1. The Morgan fingerprint density at radius 3 is 2.57 bits per heavy atom. The van der Waals surface area contributed by atoms with E-state index in [1.54, 1.807) is 12.4 Å². The van der Waals surface area contributed by atoms with Crippen molar-refractivity contribution in [2.45, 2.75) is 36.6 Å². The van der Waals surface area contributed by atoms with Gasteiger partial charge in [-0.15, -0.1) is 0 Å². The van der Waals surface area contributed by atoms with Gasteiger partial charge in [-0.2, -0.15) is 0 Å². The summed E-state index contributed by atoms with van der Waals surface area (Å²) in [5.74, 6) is 1.27. The Bertz CT molecular complexity index is 679. The molecule has 5 nitrogen and oxygen atoms in total. The second kappa shape index (κ2) is 6.53. The fourth-order valence-electron chi connectivity index (χ4n) is 2.50. The van der Waals surface area contributed by atoms with E-state index in [1.807, 2.05) is 12.3 Å². The zero-order valence-corrected chi connectivity index (χ0v) is 14.9. The first kappa shape index (κ1) is 16.3. The number of anilines is 2. The molecule has 3 heterocycles. The second-order valence-electron chi connectivity index (χ2n) is 6.47. The van der Waals surface area contributed by atoms with E-state index in [9.17, 15) is 0 Å². The molecule has 0 radical (unpaired) electrons. The minimum atomic E-state index is 0.331. The Balaban J connectivity index is 1.69. The highest BCUT2D eigenvalue weighted by Crippen LogP contribution is 2.35. The monoisotopic (exact) mass is 349 g/mol. The first-order valence-electron chi connectivity index (χ1n) is 7.59. The lowest BCUT2D eigenvalue weighted by molar-refractivity contribution is 0.279. The fourth-order valence-corrected chi connectivity index (χ4v) is 3.49. The van der Waals surface area contributed by atoms with Crippen molar-refractivity contribution in [1.29, 1.82) is 0 Å². The van der Waals surface area contributed by atoms with E-state index in [2.05, 4.69) is 33.7 Å². The third-order valence-electron chi connectivity index (χ3n) is 4.15. The van der Waals surface area contributed by atoms with E-state index in [-0.39, 0.29) is 0 Å². The van der Waals surface area contributed by atoms with Crippen LogP contribution in [0.1, 0.15) is 26.7 Å². The molecule has 23 heavy (non-hydrogen) atoms. The lowest BCUT2D eigenvalue weighted by atomic mass is 9.83. The zero-order chi connectivity index (χ0) is 16.4. The number of hydrogen-bond acceptors (Lipinski definition) is 6. The summed E-state index contributed by atoms with van der Waals surface area (Å²) < 4.78 is 0. The van der Waals surface area contributed by atoms with Crippen molar-refractivity contribution in [1.82, 2.24) is 15.0 Å². The van der Waals surface area contributed by atoms with Gasteiger partial charge < -0.3 is 10.6 Å². The van der Waals surface area contributed by atoms with E-state index in [4.69, 9.17) is 17.3 Å². The molecular formula is C16H20ClN5S. The third kappa shape index (κ3) is 3.87. The average molecular weight is 350 g/mol. The Morgan fingerprint density at radius 1 is 1.17 bits per heavy atom. The van der Waals surface area contributed by atoms with Gasteiger partial charge in [0.2, 0.25) is 0 Å². The number of pyridine rings is 1. The van der Waals surface area contributed by atoms with Crippen LogP contribution in [-0.2, 0) is 0 Å². The molecule has 2 aromatic heterocycles. The molecule has 3 rings (SSSR count). The summed E-state index contributed by atoms with van der Waals surface area (Å²) in [7, 11) is 0. The topological polar surface area (TPSA) is 67.9 Å². The lowest BCUT2D eigenvalue weighted by Gasteiger charge is -2.37. The van der Waals surface area contributed by atoms with Gasteiger partial charge in [-0.1, -0.05) is 37.2 Å². The van der Waals surface area contributed by atoms with Gasteiger partial charge in [0.25, 0.3) is 0 Å². The van der Waals surface area contributed by atoms with Gasteiger partial charge in [-0.25, -0.2) is 15.0 Å². The molecular weight excluding hydrogens is 330 g/mol. The van der Waals surface area contributed by atoms with Crippen molar-refractivity contribution >= 4 is 35.0 Å². The maximum Gasteiger partial charge on any atom is 0.147 e.